The van der Waals surface area contributed by atoms with Gasteiger partial charge in [0.05, 0.1) is 12.1 Å². The number of hydrogen-bond donors (Lipinski definition) is 2. The summed E-state index contributed by atoms with van der Waals surface area (Å²) in [7, 11) is 1.32. The molecule has 0 aromatic heterocycles. The van der Waals surface area contributed by atoms with Crippen molar-refractivity contribution in [2.75, 3.05) is 19.0 Å². The highest BCUT2D eigenvalue weighted by molar-refractivity contribution is 6.39. The highest BCUT2D eigenvalue weighted by Gasteiger charge is 2.32. The van der Waals surface area contributed by atoms with Gasteiger partial charge in [-0.2, -0.15) is 13.2 Å². The highest BCUT2D eigenvalue weighted by atomic mass is 19.4. The van der Waals surface area contributed by atoms with E-state index in [1.54, 1.807) is 6.07 Å². The number of benzene rings is 2. The van der Waals surface area contributed by atoms with E-state index in [0.29, 0.717) is 6.07 Å². The molecule has 0 aliphatic rings. The smallest absolute Gasteiger partial charge is 0.372 e. The lowest BCUT2D eigenvalue weighted by Gasteiger charge is -2.29. The normalized spacial score (nSPS) is 13.5. The van der Waals surface area contributed by atoms with Gasteiger partial charge >= 0.3 is 18.0 Å². The molecule has 0 heterocycles. The van der Waals surface area contributed by atoms with E-state index in [1.165, 1.54) is 38.3 Å². The van der Waals surface area contributed by atoms with Crippen LogP contribution in [0.3, 0.4) is 0 Å². The molecule has 2 aromatic carbocycles. The van der Waals surface area contributed by atoms with E-state index in [4.69, 9.17) is 4.74 Å². The fourth-order valence-electron chi connectivity index (χ4n) is 2.46. The Morgan fingerprint density at radius 2 is 1.71 bits per heavy atom. The number of ether oxygens (including phenoxy) is 1. The van der Waals surface area contributed by atoms with Crippen LogP contribution in [-0.4, -0.2) is 25.5 Å². The number of hydrogen-bond acceptors (Lipinski definition) is 3. The van der Waals surface area contributed by atoms with Crippen molar-refractivity contribution >= 4 is 17.5 Å². The van der Waals surface area contributed by atoms with Crippen molar-refractivity contribution in [3.8, 4) is 0 Å². The third kappa shape index (κ3) is 5.07. The minimum Gasteiger partial charge on any atom is -0.372 e. The Morgan fingerprint density at radius 1 is 1.04 bits per heavy atom. The second kappa shape index (κ2) is 8.39. The summed E-state index contributed by atoms with van der Waals surface area (Å²) in [5.41, 5.74) is -2.22. The third-order valence-electron chi connectivity index (χ3n) is 4.13. The first-order valence-electron chi connectivity index (χ1n) is 8.13. The first kappa shape index (κ1) is 21.4. The maximum atomic E-state index is 14.0. The van der Waals surface area contributed by atoms with Crippen molar-refractivity contribution < 1.29 is 31.9 Å². The molecule has 0 unspecified atom stereocenters. The van der Waals surface area contributed by atoms with E-state index in [2.05, 4.69) is 10.6 Å². The van der Waals surface area contributed by atoms with Gasteiger partial charge in [-0.3, -0.25) is 9.59 Å². The van der Waals surface area contributed by atoms with Crippen molar-refractivity contribution in [2.24, 2.45) is 0 Å². The van der Waals surface area contributed by atoms with Crippen LogP contribution >= 0.6 is 0 Å². The zero-order valence-electron chi connectivity index (χ0n) is 15.1. The molecule has 0 aliphatic carbocycles. The number of anilines is 1. The van der Waals surface area contributed by atoms with Crippen molar-refractivity contribution in [2.45, 2.75) is 18.7 Å². The minimum absolute atomic E-state index is 0.177. The standard InChI is InChI=1S/C19H18F4N2O3/c1-18(28-2,14-8-3-4-9-15(14)20)11-24-16(26)17(27)25-13-7-5-6-12(10-13)19(21,22)23/h3-10H,11H2,1-2H3,(H,24,26)(H,25,27)/t18-/m0/s1. The number of amides is 2. The van der Waals surface area contributed by atoms with Gasteiger partial charge in [0.1, 0.15) is 11.4 Å². The summed E-state index contributed by atoms with van der Waals surface area (Å²) in [5.74, 6) is -2.81. The fraction of sp³-hybridized carbons (Fsp3) is 0.263. The van der Waals surface area contributed by atoms with Gasteiger partial charge in [0.15, 0.2) is 0 Å². The maximum absolute atomic E-state index is 14.0. The summed E-state index contributed by atoms with van der Waals surface area (Å²) in [6.45, 7) is 1.29. The minimum atomic E-state index is -4.58. The van der Waals surface area contributed by atoms with Crippen LogP contribution in [0.2, 0.25) is 0 Å². The van der Waals surface area contributed by atoms with Crippen LogP contribution in [0.1, 0.15) is 18.1 Å². The molecule has 5 nitrogen and oxygen atoms in total. The lowest BCUT2D eigenvalue weighted by Crippen LogP contribution is -2.44. The fourth-order valence-corrected chi connectivity index (χ4v) is 2.46. The van der Waals surface area contributed by atoms with Gasteiger partial charge in [-0.1, -0.05) is 24.3 Å². The van der Waals surface area contributed by atoms with Gasteiger partial charge in [0.25, 0.3) is 0 Å². The van der Waals surface area contributed by atoms with Crippen LogP contribution in [0.4, 0.5) is 23.2 Å². The number of nitrogens with one attached hydrogen (secondary N) is 2. The summed E-state index contributed by atoms with van der Waals surface area (Å²) >= 11 is 0. The van der Waals surface area contributed by atoms with Gasteiger partial charge in [-0.15, -0.1) is 0 Å². The molecule has 9 heteroatoms. The van der Waals surface area contributed by atoms with Crippen molar-refractivity contribution in [3.63, 3.8) is 0 Å². The van der Waals surface area contributed by atoms with Crippen LogP contribution in [0, 0.1) is 5.82 Å². The molecule has 1 atom stereocenters. The molecular weight excluding hydrogens is 380 g/mol. The van der Waals surface area contributed by atoms with Gasteiger partial charge in [-0.25, -0.2) is 4.39 Å². The second-order valence-electron chi connectivity index (χ2n) is 6.13. The first-order chi connectivity index (χ1) is 13.1. The molecule has 0 bridgehead atoms. The molecule has 28 heavy (non-hydrogen) atoms. The summed E-state index contributed by atoms with van der Waals surface area (Å²) < 4.78 is 57.4. The van der Waals surface area contributed by atoms with Crippen molar-refractivity contribution in [1.29, 1.82) is 0 Å². The van der Waals surface area contributed by atoms with E-state index in [1.807, 2.05) is 0 Å². The number of carbonyl (C=O) groups is 2. The van der Waals surface area contributed by atoms with E-state index in [9.17, 15) is 27.2 Å². The largest absolute Gasteiger partial charge is 0.416 e. The van der Waals surface area contributed by atoms with Crippen LogP contribution in [0.15, 0.2) is 48.5 Å². The van der Waals surface area contributed by atoms with Crippen LogP contribution in [0.25, 0.3) is 0 Å². The Labute approximate surface area is 158 Å². The number of methoxy groups -OCH3 is 1. The van der Waals surface area contributed by atoms with Gasteiger partial charge in [0, 0.05) is 18.4 Å². The Bertz CT molecular complexity index is 870. The van der Waals surface area contributed by atoms with E-state index in [-0.39, 0.29) is 17.8 Å². The molecule has 0 saturated carbocycles. The third-order valence-corrected chi connectivity index (χ3v) is 4.13. The molecular formula is C19H18F4N2O3. The molecule has 2 N–H and O–H groups in total. The number of carbonyl (C=O) groups excluding carboxylic acids is 2. The summed E-state index contributed by atoms with van der Waals surface area (Å²) in [6.07, 6.45) is -4.58. The highest BCUT2D eigenvalue weighted by Crippen LogP contribution is 2.30. The van der Waals surface area contributed by atoms with E-state index >= 15 is 0 Å². The van der Waals surface area contributed by atoms with Crippen molar-refractivity contribution in [3.05, 3.63) is 65.5 Å². The number of rotatable bonds is 5. The maximum Gasteiger partial charge on any atom is 0.416 e. The monoisotopic (exact) mass is 398 g/mol. The predicted octanol–water partition coefficient (Wildman–Crippen LogP) is 3.46. The summed E-state index contributed by atoms with van der Waals surface area (Å²) in [4.78, 5) is 24.0. The quantitative estimate of drug-likeness (QED) is 0.599. The van der Waals surface area contributed by atoms with Gasteiger partial charge < -0.3 is 15.4 Å². The van der Waals surface area contributed by atoms with Gasteiger partial charge in [0.2, 0.25) is 0 Å². The molecule has 0 saturated heterocycles. The molecule has 2 aromatic rings. The first-order valence-corrected chi connectivity index (χ1v) is 8.13. The Hall–Kier alpha value is -2.94. The molecule has 2 amide bonds. The molecule has 0 fully saturated rings. The van der Waals surface area contributed by atoms with Crippen LogP contribution in [0.5, 0.6) is 0 Å². The number of alkyl halides is 3. The Morgan fingerprint density at radius 3 is 2.32 bits per heavy atom. The van der Waals surface area contributed by atoms with E-state index in [0.717, 1.165) is 12.1 Å². The van der Waals surface area contributed by atoms with Gasteiger partial charge in [-0.05, 0) is 31.2 Å². The Kier molecular flexibility index (Phi) is 6.40. The predicted molar refractivity (Wildman–Crippen MR) is 93.8 cm³/mol. The summed E-state index contributed by atoms with van der Waals surface area (Å²) in [5, 5.41) is 4.39. The average molecular weight is 398 g/mol. The SMILES string of the molecule is CO[C@@](C)(CNC(=O)C(=O)Nc1cccc(C(F)(F)F)c1)c1ccccc1F. The topological polar surface area (TPSA) is 67.4 Å². The molecule has 0 aliphatic heterocycles. The number of halogens is 4. The van der Waals surface area contributed by atoms with Crippen molar-refractivity contribution in [1.82, 2.24) is 5.32 Å². The zero-order chi connectivity index (χ0) is 20.9. The lowest BCUT2D eigenvalue weighted by molar-refractivity contribution is -0.137. The molecule has 150 valence electrons. The zero-order valence-corrected chi connectivity index (χ0v) is 15.1. The molecule has 0 radical (unpaired) electrons. The second-order valence-corrected chi connectivity index (χ2v) is 6.13. The average Bonchev–Trinajstić information content (AvgIpc) is 2.65. The molecule has 2 rings (SSSR count). The van der Waals surface area contributed by atoms with Crippen LogP contribution in [-0.2, 0) is 26.1 Å². The summed E-state index contributed by atoms with van der Waals surface area (Å²) in [6, 6.07) is 9.68. The van der Waals surface area contributed by atoms with E-state index < -0.39 is 35.0 Å². The lowest BCUT2D eigenvalue weighted by atomic mass is 9.95. The van der Waals surface area contributed by atoms with Crippen LogP contribution < -0.4 is 10.6 Å². The molecule has 0 spiro atoms. The Balaban J connectivity index is 2.04.